The number of hydrogen-bond donors (Lipinski definition) is 3. The maximum absolute atomic E-state index is 10.4. The molecule has 1 aliphatic rings. The van der Waals surface area contributed by atoms with Crippen LogP contribution < -0.4 is 4.74 Å². The summed E-state index contributed by atoms with van der Waals surface area (Å²) in [6, 6.07) is 7.16. The van der Waals surface area contributed by atoms with Crippen LogP contribution >= 0.6 is 12.2 Å². The fourth-order valence-corrected chi connectivity index (χ4v) is 2.61. The van der Waals surface area contributed by atoms with E-state index in [1.165, 1.54) is 0 Å². The molecule has 8 heteroatoms. The van der Waals surface area contributed by atoms with Crippen LogP contribution in [0.15, 0.2) is 24.3 Å². The van der Waals surface area contributed by atoms with Gasteiger partial charge in [-0.25, -0.2) is 0 Å². The first-order valence-electron chi connectivity index (χ1n) is 8.15. The smallest absolute Gasteiger partial charge is 0.358 e. The van der Waals surface area contributed by atoms with Crippen LogP contribution in [0.2, 0.25) is 0 Å². The molecular formula is C17H24O7S. The minimum absolute atomic E-state index is 0.250. The predicted molar refractivity (Wildman–Crippen MR) is 93.3 cm³/mol. The lowest BCUT2D eigenvalue weighted by Crippen LogP contribution is -2.60. The lowest BCUT2D eigenvalue weighted by Gasteiger charge is -2.41. The fourth-order valence-electron chi connectivity index (χ4n) is 2.40. The number of rotatable bonds is 6. The fraction of sp³-hybridized carbons (Fsp3) is 0.588. The number of thiocarbonyl (C=S) groups is 1. The summed E-state index contributed by atoms with van der Waals surface area (Å²) in [5.41, 5.74) is 1.07. The van der Waals surface area contributed by atoms with Crippen molar-refractivity contribution in [3.05, 3.63) is 29.8 Å². The van der Waals surface area contributed by atoms with E-state index in [0.717, 1.165) is 12.0 Å². The molecule has 25 heavy (non-hydrogen) atoms. The Balaban J connectivity index is 2.02. The number of ether oxygens (including phenoxy) is 4. The molecule has 0 radical (unpaired) electrons. The zero-order valence-corrected chi connectivity index (χ0v) is 15.0. The van der Waals surface area contributed by atoms with Crippen LogP contribution in [0.3, 0.4) is 0 Å². The number of aliphatic hydroxyl groups is 3. The van der Waals surface area contributed by atoms with Gasteiger partial charge < -0.3 is 34.3 Å². The molecule has 1 fully saturated rings. The summed E-state index contributed by atoms with van der Waals surface area (Å²) in [7, 11) is 0. The molecule has 0 bridgehead atoms. The van der Waals surface area contributed by atoms with Gasteiger partial charge in [-0.2, -0.15) is 0 Å². The van der Waals surface area contributed by atoms with Gasteiger partial charge in [0, 0.05) is 18.8 Å². The Morgan fingerprint density at radius 3 is 2.48 bits per heavy atom. The van der Waals surface area contributed by atoms with Gasteiger partial charge in [-0.05, 0) is 25.5 Å². The summed E-state index contributed by atoms with van der Waals surface area (Å²) in [5.74, 6) is 0.476. The van der Waals surface area contributed by atoms with Crippen molar-refractivity contribution >= 4 is 17.5 Å². The Morgan fingerprint density at radius 2 is 1.88 bits per heavy atom. The Kier molecular flexibility index (Phi) is 7.55. The molecule has 1 heterocycles. The molecule has 0 amide bonds. The highest BCUT2D eigenvalue weighted by atomic mass is 32.1. The predicted octanol–water partition coefficient (Wildman–Crippen LogP) is 0.910. The van der Waals surface area contributed by atoms with Gasteiger partial charge in [0.2, 0.25) is 0 Å². The largest absolute Gasteiger partial charge is 0.447 e. The Morgan fingerprint density at radius 1 is 1.20 bits per heavy atom. The summed E-state index contributed by atoms with van der Waals surface area (Å²) in [6.45, 7) is 3.75. The highest BCUT2D eigenvalue weighted by Gasteiger charge is 2.47. The van der Waals surface area contributed by atoms with Crippen molar-refractivity contribution in [2.24, 2.45) is 0 Å². The third-order valence-corrected chi connectivity index (χ3v) is 3.94. The van der Waals surface area contributed by atoms with Gasteiger partial charge in [0.05, 0.1) is 6.61 Å². The minimum atomic E-state index is -1.29. The molecule has 1 aliphatic heterocycles. The molecule has 0 aromatic heterocycles. The number of aryl methyl sites for hydroxylation is 1. The summed E-state index contributed by atoms with van der Waals surface area (Å²) in [5, 5.41) is 29.7. The van der Waals surface area contributed by atoms with E-state index in [1.807, 2.05) is 26.0 Å². The topological polar surface area (TPSA) is 97.6 Å². The molecule has 3 N–H and O–H groups in total. The maximum Gasteiger partial charge on any atom is 0.358 e. The van der Waals surface area contributed by atoms with E-state index in [4.69, 9.17) is 31.2 Å². The Hall–Kier alpha value is -1.29. The van der Waals surface area contributed by atoms with Crippen LogP contribution in [-0.4, -0.2) is 64.5 Å². The molecule has 0 spiro atoms. The van der Waals surface area contributed by atoms with Crippen molar-refractivity contribution < 1.29 is 34.3 Å². The normalized spacial score (nSPS) is 29.2. The molecule has 5 atom stereocenters. The highest BCUT2D eigenvalue weighted by molar-refractivity contribution is 7.79. The first kappa shape index (κ1) is 20.0. The molecule has 7 nitrogen and oxygen atoms in total. The lowest BCUT2D eigenvalue weighted by molar-refractivity contribution is -0.299. The zero-order chi connectivity index (χ0) is 18.4. The van der Waals surface area contributed by atoms with Crippen molar-refractivity contribution in [3.63, 3.8) is 0 Å². The van der Waals surface area contributed by atoms with Crippen LogP contribution in [0.25, 0.3) is 0 Å². The van der Waals surface area contributed by atoms with Gasteiger partial charge >= 0.3 is 5.24 Å². The second-order valence-electron chi connectivity index (χ2n) is 5.83. The minimum Gasteiger partial charge on any atom is -0.447 e. The molecule has 1 aromatic carbocycles. The van der Waals surface area contributed by atoms with Gasteiger partial charge in [-0.15, -0.1) is 0 Å². The summed E-state index contributed by atoms with van der Waals surface area (Å²) in [4.78, 5) is 0. The first-order chi connectivity index (χ1) is 12.0. The van der Waals surface area contributed by atoms with Gasteiger partial charge in [-0.1, -0.05) is 24.6 Å². The van der Waals surface area contributed by atoms with E-state index in [9.17, 15) is 15.3 Å². The molecule has 0 aliphatic carbocycles. The van der Waals surface area contributed by atoms with Crippen molar-refractivity contribution in [2.45, 2.75) is 51.0 Å². The van der Waals surface area contributed by atoms with Crippen molar-refractivity contribution in [1.82, 2.24) is 0 Å². The van der Waals surface area contributed by atoms with E-state index >= 15 is 0 Å². The maximum atomic E-state index is 10.4. The van der Waals surface area contributed by atoms with E-state index < -0.39 is 37.3 Å². The number of aliphatic hydroxyl groups excluding tert-OH is 3. The van der Waals surface area contributed by atoms with E-state index in [2.05, 4.69) is 0 Å². The highest BCUT2D eigenvalue weighted by Crippen LogP contribution is 2.25. The zero-order valence-electron chi connectivity index (χ0n) is 14.2. The van der Waals surface area contributed by atoms with Gasteiger partial charge in [0.1, 0.15) is 24.1 Å². The second-order valence-corrected chi connectivity index (χ2v) is 6.16. The Bertz CT molecular complexity index is 550. The van der Waals surface area contributed by atoms with E-state index in [0.29, 0.717) is 12.4 Å². The monoisotopic (exact) mass is 372 g/mol. The summed E-state index contributed by atoms with van der Waals surface area (Å²) in [6.07, 6.45) is -5.00. The van der Waals surface area contributed by atoms with Crippen molar-refractivity contribution in [2.75, 3.05) is 13.2 Å². The van der Waals surface area contributed by atoms with Gasteiger partial charge in [-0.3, -0.25) is 0 Å². The summed E-state index contributed by atoms with van der Waals surface area (Å²) < 4.78 is 21.6. The molecule has 0 saturated carbocycles. The second kappa shape index (κ2) is 9.42. The molecule has 0 unspecified atom stereocenters. The summed E-state index contributed by atoms with van der Waals surface area (Å²) >= 11 is 5.05. The standard InChI is InChI=1S/C17H24O7S/c1-3-8-21-16-14(20)15(13(19)12(9-18)23-16)24-17(25)22-11-6-4-10(2)5-7-11/h4-7,12-16,18-20H,3,8-9H2,1-2H3/t12-,13-,14+,15+,16-/m1/s1. The Labute approximate surface area is 152 Å². The van der Waals surface area contributed by atoms with Crippen molar-refractivity contribution in [1.29, 1.82) is 0 Å². The SMILES string of the molecule is CCCO[C@@H]1O[C@H](CO)[C@@H](O)[C@H](OC(=S)Oc2ccc(C)cc2)[C@@H]1O. The quantitative estimate of drug-likeness (QED) is 0.634. The van der Waals surface area contributed by atoms with Crippen LogP contribution in [0.4, 0.5) is 0 Å². The van der Waals surface area contributed by atoms with Crippen LogP contribution in [0.5, 0.6) is 5.75 Å². The molecule has 140 valence electrons. The lowest BCUT2D eigenvalue weighted by atomic mass is 9.99. The number of benzene rings is 1. The molecular weight excluding hydrogens is 348 g/mol. The average molecular weight is 372 g/mol. The van der Waals surface area contributed by atoms with Crippen LogP contribution in [0.1, 0.15) is 18.9 Å². The molecule has 1 aromatic rings. The third-order valence-electron chi connectivity index (χ3n) is 3.76. The van der Waals surface area contributed by atoms with Crippen LogP contribution in [-0.2, 0) is 14.2 Å². The average Bonchev–Trinajstić information content (AvgIpc) is 2.60. The van der Waals surface area contributed by atoms with E-state index in [1.54, 1.807) is 12.1 Å². The van der Waals surface area contributed by atoms with E-state index in [-0.39, 0.29) is 5.24 Å². The molecule has 2 rings (SSSR count). The first-order valence-corrected chi connectivity index (χ1v) is 8.56. The molecule has 1 saturated heterocycles. The third kappa shape index (κ3) is 5.34. The van der Waals surface area contributed by atoms with Gasteiger partial charge in [0.15, 0.2) is 12.4 Å². The van der Waals surface area contributed by atoms with Gasteiger partial charge in [0.25, 0.3) is 0 Å². The van der Waals surface area contributed by atoms with Crippen LogP contribution in [0, 0.1) is 6.92 Å². The van der Waals surface area contributed by atoms with Crippen molar-refractivity contribution in [3.8, 4) is 5.75 Å². The number of hydrogen-bond acceptors (Lipinski definition) is 8.